The summed E-state index contributed by atoms with van der Waals surface area (Å²) in [5.41, 5.74) is 8.32. The summed E-state index contributed by atoms with van der Waals surface area (Å²) >= 11 is 6.61. The number of nitrogens with two attached hydrogens (primary N) is 1. The van der Waals surface area contributed by atoms with Crippen LogP contribution in [0.15, 0.2) is 23.6 Å². The number of nitrogens with one attached hydrogen (secondary N) is 1. The number of ether oxygens (including phenoxy) is 3. The molecule has 1 atom stereocenters. The monoisotopic (exact) mass is 372 g/mol. The Morgan fingerprint density at radius 1 is 1.35 bits per heavy atom. The molecule has 26 heavy (non-hydrogen) atoms. The van der Waals surface area contributed by atoms with E-state index < -0.39 is 5.92 Å². The summed E-state index contributed by atoms with van der Waals surface area (Å²) in [6.45, 7) is 6.26. The summed E-state index contributed by atoms with van der Waals surface area (Å²) in [5.74, 6) is 0.896. The van der Waals surface area contributed by atoms with E-state index in [0.29, 0.717) is 28.0 Å². The zero-order valence-electron chi connectivity index (χ0n) is 14.5. The van der Waals surface area contributed by atoms with E-state index in [-0.39, 0.29) is 23.7 Å². The molecule has 0 aliphatic carbocycles. The summed E-state index contributed by atoms with van der Waals surface area (Å²) in [4.78, 5) is 0. The van der Waals surface area contributed by atoms with E-state index in [0.717, 1.165) is 11.3 Å². The van der Waals surface area contributed by atoms with E-state index >= 15 is 0 Å². The molecular weight excluding hydrogens is 356 g/mol. The molecule has 0 unspecified atom stereocenters. The Morgan fingerprint density at radius 2 is 2.12 bits per heavy atom. The Hall–Kier alpha value is -2.85. The lowest BCUT2D eigenvalue weighted by Gasteiger charge is -2.28. The van der Waals surface area contributed by atoms with Crippen molar-refractivity contribution in [2.75, 3.05) is 6.79 Å². The van der Waals surface area contributed by atoms with Crippen molar-refractivity contribution < 1.29 is 14.2 Å². The molecule has 2 aliphatic rings. The van der Waals surface area contributed by atoms with Crippen molar-refractivity contribution in [1.82, 2.24) is 10.2 Å². The molecule has 4 rings (SSSR count). The molecule has 1 aromatic heterocycles. The van der Waals surface area contributed by atoms with E-state index in [1.807, 2.05) is 26.8 Å². The zero-order chi connectivity index (χ0) is 18.6. The number of allylic oxidation sites excluding steroid dienone is 1. The highest BCUT2D eigenvalue weighted by Gasteiger charge is 2.39. The second-order valence-electron chi connectivity index (χ2n) is 7.19. The van der Waals surface area contributed by atoms with Gasteiger partial charge in [0.2, 0.25) is 18.6 Å². The number of fused-ring (bicyclic) bond motifs is 2. The van der Waals surface area contributed by atoms with Crippen molar-refractivity contribution in [3.05, 3.63) is 45.4 Å². The van der Waals surface area contributed by atoms with Crippen LogP contribution in [0.3, 0.4) is 0 Å². The van der Waals surface area contributed by atoms with Crippen LogP contribution < -0.4 is 19.9 Å². The van der Waals surface area contributed by atoms with E-state index in [4.69, 9.17) is 31.5 Å². The number of nitriles is 1. The molecular formula is C18H17ClN4O3. The van der Waals surface area contributed by atoms with Gasteiger partial charge < -0.3 is 19.9 Å². The van der Waals surface area contributed by atoms with Gasteiger partial charge in [-0.1, -0.05) is 38.4 Å². The molecule has 8 heteroatoms. The fourth-order valence-corrected chi connectivity index (χ4v) is 3.62. The van der Waals surface area contributed by atoms with Gasteiger partial charge in [0.25, 0.3) is 0 Å². The standard InChI is InChI=1S/C18H17ClN4O3/c1-18(2,3)15-12-11(9(6-20)16(21)26-17(12)23-22-15)8-4-5-10-14(13(8)19)25-7-24-10/h4-5,11H,7,21H2,1-3H3,(H,22,23)/t11-/m0/s1. The SMILES string of the molecule is CC(C)(C)c1[nH]nc2c1[C@@H](c1ccc3c(c1Cl)OCO3)C(C#N)=C(N)O2. The van der Waals surface area contributed by atoms with Gasteiger partial charge in [0, 0.05) is 11.1 Å². The smallest absolute Gasteiger partial charge is 0.244 e. The van der Waals surface area contributed by atoms with E-state index in [1.165, 1.54) is 0 Å². The van der Waals surface area contributed by atoms with Gasteiger partial charge in [-0.2, -0.15) is 5.26 Å². The first-order valence-electron chi connectivity index (χ1n) is 8.07. The van der Waals surface area contributed by atoms with Crippen molar-refractivity contribution >= 4 is 11.6 Å². The predicted octanol–water partition coefficient (Wildman–Crippen LogP) is 3.31. The van der Waals surface area contributed by atoms with Gasteiger partial charge in [-0.15, -0.1) is 5.10 Å². The Balaban J connectivity index is 1.99. The summed E-state index contributed by atoms with van der Waals surface area (Å²) in [5, 5.41) is 17.4. The van der Waals surface area contributed by atoms with Crippen LogP contribution in [0.25, 0.3) is 0 Å². The topological polar surface area (TPSA) is 106 Å². The lowest BCUT2D eigenvalue weighted by atomic mass is 9.78. The summed E-state index contributed by atoms with van der Waals surface area (Å²) in [6.07, 6.45) is 0. The van der Waals surface area contributed by atoms with Gasteiger partial charge in [-0.3, -0.25) is 5.10 Å². The number of nitrogens with zero attached hydrogens (tertiary/aromatic N) is 2. The van der Waals surface area contributed by atoms with Crippen LogP contribution in [0.2, 0.25) is 5.02 Å². The quantitative estimate of drug-likeness (QED) is 0.795. The molecule has 0 fully saturated rings. The Kier molecular flexibility index (Phi) is 3.56. The Bertz CT molecular complexity index is 982. The third-order valence-electron chi connectivity index (χ3n) is 4.51. The summed E-state index contributed by atoms with van der Waals surface area (Å²) in [7, 11) is 0. The molecule has 7 nitrogen and oxygen atoms in total. The first-order chi connectivity index (χ1) is 12.3. The van der Waals surface area contributed by atoms with Gasteiger partial charge in [-0.05, 0) is 11.6 Å². The van der Waals surface area contributed by atoms with Crippen LogP contribution in [0.1, 0.15) is 43.5 Å². The van der Waals surface area contributed by atoms with Gasteiger partial charge in [0.05, 0.1) is 16.5 Å². The van der Waals surface area contributed by atoms with Crippen molar-refractivity contribution in [1.29, 1.82) is 5.26 Å². The third kappa shape index (κ3) is 2.30. The maximum atomic E-state index is 9.74. The number of H-pyrrole nitrogens is 1. The average Bonchev–Trinajstić information content (AvgIpc) is 3.20. The first kappa shape index (κ1) is 16.6. The van der Waals surface area contributed by atoms with Gasteiger partial charge in [0.1, 0.15) is 11.6 Å². The Labute approximate surface area is 155 Å². The molecule has 134 valence electrons. The maximum absolute atomic E-state index is 9.74. The fourth-order valence-electron chi connectivity index (χ4n) is 3.30. The maximum Gasteiger partial charge on any atom is 0.244 e. The molecule has 0 radical (unpaired) electrons. The van der Waals surface area contributed by atoms with Crippen LogP contribution in [-0.4, -0.2) is 17.0 Å². The third-order valence-corrected chi connectivity index (χ3v) is 4.90. The molecule has 0 bridgehead atoms. The molecule has 3 heterocycles. The second-order valence-corrected chi connectivity index (χ2v) is 7.57. The fraction of sp³-hybridized carbons (Fsp3) is 0.333. The van der Waals surface area contributed by atoms with Crippen LogP contribution >= 0.6 is 11.6 Å². The van der Waals surface area contributed by atoms with Crippen LogP contribution in [0.4, 0.5) is 0 Å². The molecule has 1 aromatic carbocycles. The molecule has 2 aromatic rings. The van der Waals surface area contributed by atoms with E-state index in [1.54, 1.807) is 6.07 Å². The highest BCUT2D eigenvalue weighted by Crippen LogP contribution is 2.50. The number of aromatic amines is 1. The minimum atomic E-state index is -0.515. The zero-order valence-corrected chi connectivity index (χ0v) is 15.3. The van der Waals surface area contributed by atoms with Gasteiger partial charge in [0.15, 0.2) is 11.5 Å². The highest BCUT2D eigenvalue weighted by molar-refractivity contribution is 6.33. The van der Waals surface area contributed by atoms with Crippen molar-refractivity contribution in [3.63, 3.8) is 0 Å². The molecule has 0 saturated heterocycles. The van der Waals surface area contributed by atoms with Gasteiger partial charge >= 0.3 is 0 Å². The molecule has 2 aliphatic heterocycles. The number of halogens is 1. The molecule has 3 N–H and O–H groups in total. The summed E-state index contributed by atoms with van der Waals surface area (Å²) < 4.78 is 16.4. The lowest BCUT2D eigenvalue weighted by Crippen LogP contribution is -2.24. The van der Waals surface area contributed by atoms with Crippen LogP contribution in [0, 0.1) is 11.3 Å². The number of benzene rings is 1. The normalized spacial score (nSPS) is 18.3. The number of rotatable bonds is 1. The molecule has 0 saturated carbocycles. The number of aromatic nitrogens is 2. The van der Waals surface area contributed by atoms with Crippen molar-refractivity contribution in [3.8, 4) is 23.4 Å². The van der Waals surface area contributed by atoms with E-state index in [2.05, 4.69) is 16.3 Å². The largest absolute Gasteiger partial charge is 0.454 e. The highest BCUT2D eigenvalue weighted by atomic mass is 35.5. The van der Waals surface area contributed by atoms with Crippen LogP contribution in [-0.2, 0) is 5.41 Å². The Morgan fingerprint density at radius 3 is 2.81 bits per heavy atom. The average molecular weight is 373 g/mol. The minimum absolute atomic E-state index is 0.0192. The van der Waals surface area contributed by atoms with Crippen molar-refractivity contribution in [2.24, 2.45) is 5.73 Å². The predicted molar refractivity (Wildman–Crippen MR) is 94.2 cm³/mol. The second kappa shape index (κ2) is 5.58. The van der Waals surface area contributed by atoms with Gasteiger partial charge in [-0.25, -0.2) is 0 Å². The number of hydrogen-bond acceptors (Lipinski definition) is 6. The molecule has 0 spiro atoms. The van der Waals surface area contributed by atoms with Crippen LogP contribution in [0.5, 0.6) is 17.4 Å². The van der Waals surface area contributed by atoms with Crippen molar-refractivity contribution in [2.45, 2.75) is 32.1 Å². The number of hydrogen-bond donors (Lipinski definition) is 2. The molecule has 0 amide bonds. The lowest BCUT2D eigenvalue weighted by molar-refractivity contribution is 0.174. The van der Waals surface area contributed by atoms with E-state index in [9.17, 15) is 5.26 Å². The first-order valence-corrected chi connectivity index (χ1v) is 8.45. The summed E-state index contributed by atoms with van der Waals surface area (Å²) in [6, 6.07) is 5.76. The minimum Gasteiger partial charge on any atom is -0.454 e.